The summed E-state index contributed by atoms with van der Waals surface area (Å²) in [5.74, 6) is 0.678. The molecule has 0 bridgehead atoms. The van der Waals surface area contributed by atoms with Crippen molar-refractivity contribution in [2.75, 3.05) is 13.1 Å². The summed E-state index contributed by atoms with van der Waals surface area (Å²) in [7, 11) is 0. The Morgan fingerprint density at radius 1 is 1.37 bits per heavy atom. The summed E-state index contributed by atoms with van der Waals surface area (Å²) < 4.78 is 1.27. The summed E-state index contributed by atoms with van der Waals surface area (Å²) in [4.78, 5) is 3.71. The molecule has 0 radical (unpaired) electrons. The molecule has 0 amide bonds. The predicted octanol–water partition coefficient (Wildman–Crippen LogP) is 3.72. The second-order valence-corrected chi connectivity index (χ2v) is 7.15. The molecule has 1 aliphatic heterocycles. The van der Waals surface area contributed by atoms with Gasteiger partial charge in [-0.25, -0.2) is 0 Å². The van der Waals surface area contributed by atoms with Gasteiger partial charge in [0.15, 0.2) is 0 Å². The molecule has 2 heterocycles. The Morgan fingerprint density at radius 2 is 2.16 bits per heavy atom. The monoisotopic (exact) mass is 294 g/mol. The molecule has 19 heavy (non-hydrogen) atoms. The van der Waals surface area contributed by atoms with Gasteiger partial charge in [0.05, 0.1) is 5.02 Å². The van der Waals surface area contributed by atoms with Gasteiger partial charge in [0.1, 0.15) is 0 Å². The van der Waals surface area contributed by atoms with Crippen molar-refractivity contribution in [3.63, 3.8) is 0 Å². The van der Waals surface area contributed by atoms with Crippen LogP contribution in [0.5, 0.6) is 0 Å². The molecule has 0 saturated carbocycles. The van der Waals surface area contributed by atoms with Gasteiger partial charge in [0, 0.05) is 40.6 Å². The second-order valence-electron chi connectivity index (χ2n) is 5.63. The minimum Gasteiger partial charge on any atom is -0.327 e. The zero-order chi connectivity index (χ0) is 13.4. The molecule has 0 spiro atoms. The number of rotatable bonds is 2. The first-order chi connectivity index (χ1) is 9.13. The highest BCUT2D eigenvalue weighted by Crippen LogP contribution is 2.36. The largest absolute Gasteiger partial charge is 0.327 e. The first-order valence-corrected chi connectivity index (χ1v) is 7.96. The van der Waals surface area contributed by atoms with Crippen molar-refractivity contribution in [3.8, 4) is 0 Å². The van der Waals surface area contributed by atoms with Crippen molar-refractivity contribution in [1.29, 1.82) is 0 Å². The third-order valence-corrected chi connectivity index (χ3v) is 5.44. The van der Waals surface area contributed by atoms with Crippen LogP contribution in [-0.2, 0) is 6.54 Å². The van der Waals surface area contributed by atoms with Gasteiger partial charge in [-0.15, -0.1) is 11.3 Å². The minimum atomic E-state index is 0.303. The summed E-state index contributed by atoms with van der Waals surface area (Å²) in [6, 6.07) is 8.65. The maximum absolute atomic E-state index is 6.50. The second kappa shape index (κ2) is 5.41. The number of piperidine rings is 1. The van der Waals surface area contributed by atoms with Gasteiger partial charge in [-0.2, -0.15) is 0 Å². The molecule has 0 aliphatic carbocycles. The number of hydrogen-bond acceptors (Lipinski definition) is 3. The molecular formula is C15H19ClN2S. The first-order valence-electron chi connectivity index (χ1n) is 6.77. The zero-order valence-corrected chi connectivity index (χ0v) is 12.7. The van der Waals surface area contributed by atoms with Crippen LogP contribution < -0.4 is 5.73 Å². The van der Waals surface area contributed by atoms with Gasteiger partial charge < -0.3 is 5.73 Å². The van der Waals surface area contributed by atoms with Crippen LogP contribution in [0.1, 0.15) is 18.2 Å². The molecule has 2 unspecified atom stereocenters. The highest BCUT2D eigenvalue weighted by Gasteiger charge is 2.23. The van der Waals surface area contributed by atoms with E-state index in [2.05, 4.69) is 30.0 Å². The van der Waals surface area contributed by atoms with Crippen LogP contribution in [0.2, 0.25) is 5.02 Å². The van der Waals surface area contributed by atoms with Crippen molar-refractivity contribution in [2.45, 2.75) is 25.9 Å². The third kappa shape index (κ3) is 2.79. The fraction of sp³-hybridized carbons (Fsp3) is 0.467. The van der Waals surface area contributed by atoms with E-state index in [0.29, 0.717) is 12.0 Å². The Hall–Kier alpha value is -0.610. The van der Waals surface area contributed by atoms with Crippen LogP contribution in [0.4, 0.5) is 0 Å². The molecule has 2 atom stereocenters. The van der Waals surface area contributed by atoms with Crippen LogP contribution in [0, 0.1) is 5.92 Å². The van der Waals surface area contributed by atoms with E-state index >= 15 is 0 Å². The quantitative estimate of drug-likeness (QED) is 0.914. The Morgan fingerprint density at radius 3 is 2.89 bits per heavy atom. The zero-order valence-electron chi connectivity index (χ0n) is 11.1. The molecule has 2 aromatic rings. The molecule has 1 saturated heterocycles. The standard InChI is InChI=1S/C15H19ClN2S/c1-10-6-11(17)8-18(7-10)9-14-15(16)12-4-2-3-5-13(12)19-14/h2-5,10-11H,6-9,17H2,1H3. The number of nitrogens with zero attached hydrogens (tertiary/aromatic N) is 1. The van der Waals surface area contributed by atoms with Crippen LogP contribution in [-0.4, -0.2) is 24.0 Å². The summed E-state index contributed by atoms with van der Waals surface area (Å²) in [5.41, 5.74) is 6.11. The number of benzene rings is 1. The number of fused-ring (bicyclic) bond motifs is 1. The smallest absolute Gasteiger partial charge is 0.0637 e. The lowest BCUT2D eigenvalue weighted by Crippen LogP contribution is -2.45. The van der Waals surface area contributed by atoms with E-state index in [1.807, 2.05) is 6.07 Å². The predicted molar refractivity (Wildman–Crippen MR) is 83.9 cm³/mol. The Bertz CT molecular complexity index is 571. The van der Waals surface area contributed by atoms with E-state index in [-0.39, 0.29) is 0 Å². The molecule has 1 aromatic carbocycles. The Kier molecular flexibility index (Phi) is 3.81. The van der Waals surface area contributed by atoms with E-state index in [1.165, 1.54) is 15.0 Å². The van der Waals surface area contributed by atoms with Gasteiger partial charge in [-0.1, -0.05) is 36.7 Å². The Labute approximate surface area is 123 Å². The average Bonchev–Trinajstić information content (AvgIpc) is 2.66. The van der Waals surface area contributed by atoms with Crippen molar-refractivity contribution in [2.24, 2.45) is 11.7 Å². The minimum absolute atomic E-state index is 0.303. The van der Waals surface area contributed by atoms with Crippen molar-refractivity contribution >= 4 is 33.0 Å². The van der Waals surface area contributed by atoms with Crippen LogP contribution in [0.15, 0.2) is 24.3 Å². The third-order valence-electron chi connectivity index (χ3n) is 3.74. The molecular weight excluding hydrogens is 276 g/mol. The highest BCUT2D eigenvalue weighted by atomic mass is 35.5. The lowest BCUT2D eigenvalue weighted by atomic mass is 9.96. The highest BCUT2D eigenvalue weighted by molar-refractivity contribution is 7.19. The van der Waals surface area contributed by atoms with Crippen molar-refractivity contribution < 1.29 is 0 Å². The molecule has 1 aromatic heterocycles. The van der Waals surface area contributed by atoms with Crippen molar-refractivity contribution in [3.05, 3.63) is 34.2 Å². The van der Waals surface area contributed by atoms with Gasteiger partial charge in [-0.3, -0.25) is 4.90 Å². The van der Waals surface area contributed by atoms with E-state index in [1.54, 1.807) is 11.3 Å². The average molecular weight is 295 g/mol. The van der Waals surface area contributed by atoms with Gasteiger partial charge in [0.2, 0.25) is 0 Å². The van der Waals surface area contributed by atoms with Crippen LogP contribution >= 0.6 is 22.9 Å². The first kappa shape index (κ1) is 13.4. The molecule has 102 valence electrons. The topological polar surface area (TPSA) is 29.3 Å². The lowest BCUT2D eigenvalue weighted by molar-refractivity contribution is 0.160. The number of likely N-dealkylation sites (tertiary alicyclic amines) is 1. The van der Waals surface area contributed by atoms with Crippen molar-refractivity contribution in [1.82, 2.24) is 4.90 Å². The summed E-state index contributed by atoms with van der Waals surface area (Å²) in [6.45, 7) is 5.31. The number of hydrogen-bond donors (Lipinski definition) is 1. The van der Waals surface area contributed by atoms with Gasteiger partial charge in [-0.05, 0) is 18.4 Å². The van der Waals surface area contributed by atoms with E-state index in [9.17, 15) is 0 Å². The number of halogens is 1. The summed E-state index contributed by atoms with van der Waals surface area (Å²) in [6.07, 6.45) is 1.14. The SMILES string of the molecule is CC1CC(N)CN(Cc2sc3ccccc3c2Cl)C1. The van der Waals surface area contributed by atoms with Gasteiger partial charge >= 0.3 is 0 Å². The van der Waals surface area contributed by atoms with Crippen LogP contribution in [0.25, 0.3) is 10.1 Å². The number of nitrogens with two attached hydrogens (primary N) is 1. The fourth-order valence-corrected chi connectivity index (χ4v) is 4.55. The van der Waals surface area contributed by atoms with Gasteiger partial charge in [0.25, 0.3) is 0 Å². The fourth-order valence-electron chi connectivity index (χ4n) is 3.01. The van der Waals surface area contributed by atoms with Crippen LogP contribution in [0.3, 0.4) is 0 Å². The molecule has 2 nitrogen and oxygen atoms in total. The van der Waals surface area contributed by atoms with E-state index in [4.69, 9.17) is 17.3 Å². The summed E-state index contributed by atoms with van der Waals surface area (Å²) >= 11 is 8.31. The maximum atomic E-state index is 6.50. The Balaban J connectivity index is 1.83. The molecule has 3 rings (SSSR count). The molecule has 1 aliphatic rings. The normalized spacial score (nSPS) is 25.0. The molecule has 4 heteroatoms. The maximum Gasteiger partial charge on any atom is 0.0637 e. The summed E-state index contributed by atoms with van der Waals surface area (Å²) in [5, 5.41) is 2.10. The lowest BCUT2D eigenvalue weighted by Gasteiger charge is -2.34. The van der Waals surface area contributed by atoms with E-state index < -0.39 is 0 Å². The molecule has 1 fully saturated rings. The van der Waals surface area contributed by atoms with E-state index in [0.717, 1.165) is 31.1 Å². The number of thiophene rings is 1. The molecule has 2 N–H and O–H groups in total.